The molecule has 0 spiro atoms. The Bertz CT molecular complexity index is 589. The van der Waals surface area contributed by atoms with Crippen molar-refractivity contribution in [1.29, 1.82) is 0 Å². The van der Waals surface area contributed by atoms with Crippen molar-refractivity contribution in [3.05, 3.63) is 30.4 Å². The lowest BCUT2D eigenvalue weighted by molar-refractivity contribution is -0.120. The van der Waals surface area contributed by atoms with Crippen LogP contribution in [0, 0.1) is 5.92 Å². The van der Waals surface area contributed by atoms with E-state index in [1.807, 2.05) is 0 Å². The molecule has 1 amide bonds. The fraction of sp³-hybridized carbons (Fsp3) is 0.333. The maximum atomic E-state index is 11.9. The minimum Gasteiger partial charge on any atom is -0.345 e. The number of fused-ring (bicyclic) bond motifs is 1. The molecule has 0 atom stereocenters. The second-order valence-electron chi connectivity index (χ2n) is 4.27. The Morgan fingerprint density at radius 2 is 2.17 bits per heavy atom. The quantitative estimate of drug-likeness (QED) is 0.860. The van der Waals surface area contributed by atoms with E-state index in [2.05, 4.69) is 15.4 Å². The van der Waals surface area contributed by atoms with E-state index in [9.17, 15) is 9.59 Å². The molecule has 0 bridgehead atoms. The zero-order valence-electron chi connectivity index (χ0n) is 10.3. The molecule has 6 heteroatoms. The molecule has 0 fully saturated rings. The number of ketones is 1. The molecule has 0 aliphatic carbocycles. The Labute approximate surface area is 104 Å². The molecule has 2 heterocycles. The number of Topliss-reactive ketones (excluding diaryl/α,β-unsaturated/α-hetero) is 1. The van der Waals surface area contributed by atoms with Crippen LogP contribution < -0.4 is 5.32 Å². The lowest BCUT2D eigenvalue weighted by Crippen LogP contribution is -2.31. The first-order valence-electron chi connectivity index (χ1n) is 5.68. The summed E-state index contributed by atoms with van der Waals surface area (Å²) in [6.07, 6.45) is 6.27. The Balaban J connectivity index is 2.12. The van der Waals surface area contributed by atoms with Crippen molar-refractivity contribution in [2.45, 2.75) is 13.8 Å². The van der Waals surface area contributed by atoms with Crippen molar-refractivity contribution < 1.29 is 9.59 Å². The van der Waals surface area contributed by atoms with Crippen molar-refractivity contribution in [2.24, 2.45) is 5.92 Å². The largest absolute Gasteiger partial charge is 0.345 e. The Morgan fingerprint density at radius 1 is 1.39 bits per heavy atom. The highest BCUT2D eigenvalue weighted by Gasteiger charge is 2.14. The summed E-state index contributed by atoms with van der Waals surface area (Å²) >= 11 is 0. The van der Waals surface area contributed by atoms with E-state index < -0.39 is 0 Å². The number of carbonyl (C=O) groups excluding carboxylic acids is 2. The molecule has 0 aromatic carbocycles. The first-order chi connectivity index (χ1) is 8.59. The van der Waals surface area contributed by atoms with Gasteiger partial charge in [-0.15, -0.1) is 0 Å². The summed E-state index contributed by atoms with van der Waals surface area (Å²) in [5.41, 5.74) is 1.03. The highest BCUT2D eigenvalue weighted by Crippen LogP contribution is 2.08. The van der Waals surface area contributed by atoms with Crippen LogP contribution in [-0.4, -0.2) is 32.8 Å². The van der Waals surface area contributed by atoms with Crippen LogP contribution in [-0.2, 0) is 4.79 Å². The summed E-state index contributed by atoms with van der Waals surface area (Å²) in [4.78, 5) is 27.3. The van der Waals surface area contributed by atoms with Gasteiger partial charge in [-0.2, -0.15) is 5.10 Å². The van der Waals surface area contributed by atoms with Crippen LogP contribution in [0.4, 0.5) is 0 Å². The number of hydrogen-bond donors (Lipinski definition) is 1. The van der Waals surface area contributed by atoms with Gasteiger partial charge in [0.25, 0.3) is 5.91 Å². The highest BCUT2D eigenvalue weighted by atomic mass is 16.2. The van der Waals surface area contributed by atoms with Crippen molar-refractivity contribution in [2.75, 3.05) is 6.54 Å². The van der Waals surface area contributed by atoms with Crippen molar-refractivity contribution in [1.82, 2.24) is 19.9 Å². The van der Waals surface area contributed by atoms with E-state index in [1.165, 1.54) is 6.20 Å². The normalized spacial score (nSPS) is 10.8. The lowest BCUT2D eigenvalue weighted by atomic mass is 10.1. The zero-order valence-corrected chi connectivity index (χ0v) is 10.3. The van der Waals surface area contributed by atoms with E-state index in [0.29, 0.717) is 11.1 Å². The molecule has 0 saturated heterocycles. The molecular formula is C12H14N4O2. The van der Waals surface area contributed by atoms with Gasteiger partial charge in [0.05, 0.1) is 30.0 Å². The fourth-order valence-electron chi connectivity index (χ4n) is 1.48. The van der Waals surface area contributed by atoms with Gasteiger partial charge in [-0.25, -0.2) is 4.52 Å². The third-order valence-electron chi connectivity index (χ3n) is 2.64. The van der Waals surface area contributed by atoms with Gasteiger partial charge >= 0.3 is 0 Å². The van der Waals surface area contributed by atoms with Crippen molar-refractivity contribution >= 4 is 17.2 Å². The Hall–Kier alpha value is -2.24. The van der Waals surface area contributed by atoms with E-state index in [4.69, 9.17) is 0 Å². The lowest BCUT2D eigenvalue weighted by Gasteiger charge is -2.05. The number of hydrogen-bond acceptors (Lipinski definition) is 4. The molecule has 94 valence electrons. The predicted octanol–water partition coefficient (Wildman–Crippen LogP) is 0.684. The molecule has 2 rings (SSSR count). The van der Waals surface area contributed by atoms with Crippen LogP contribution in [0.5, 0.6) is 0 Å². The number of rotatable bonds is 4. The highest BCUT2D eigenvalue weighted by molar-refractivity contribution is 6.02. The molecule has 0 aliphatic rings. The van der Waals surface area contributed by atoms with Crippen LogP contribution >= 0.6 is 0 Å². The third-order valence-corrected chi connectivity index (χ3v) is 2.64. The monoisotopic (exact) mass is 246 g/mol. The zero-order chi connectivity index (χ0) is 13.1. The summed E-state index contributed by atoms with van der Waals surface area (Å²) in [6.45, 7) is 3.63. The first kappa shape index (κ1) is 12.2. The van der Waals surface area contributed by atoms with Crippen LogP contribution in [0.25, 0.3) is 5.52 Å². The maximum Gasteiger partial charge on any atom is 0.255 e. The fourth-order valence-corrected chi connectivity index (χ4v) is 1.48. The summed E-state index contributed by atoms with van der Waals surface area (Å²) in [7, 11) is 0. The second kappa shape index (κ2) is 4.95. The van der Waals surface area contributed by atoms with Crippen LogP contribution in [0.1, 0.15) is 24.2 Å². The SMILES string of the molecule is CC(C)C(=O)CNC(=O)c1cnn2ccncc12. The molecular weight excluding hydrogens is 232 g/mol. The molecule has 18 heavy (non-hydrogen) atoms. The van der Waals surface area contributed by atoms with Gasteiger partial charge < -0.3 is 5.32 Å². The standard InChI is InChI=1S/C12H14N4O2/c1-8(2)11(17)7-14-12(18)9-5-15-16-4-3-13-6-10(9)16/h3-6,8H,7H2,1-2H3,(H,14,18). The van der Waals surface area contributed by atoms with E-state index >= 15 is 0 Å². The predicted molar refractivity (Wildman–Crippen MR) is 65.2 cm³/mol. The van der Waals surface area contributed by atoms with Gasteiger partial charge in [0.15, 0.2) is 5.78 Å². The van der Waals surface area contributed by atoms with Crippen LogP contribution in [0.15, 0.2) is 24.8 Å². The molecule has 1 N–H and O–H groups in total. The van der Waals surface area contributed by atoms with Gasteiger partial charge in [0.2, 0.25) is 0 Å². The van der Waals surface area contributed by atoms with E-state index in [1.54, 1.807) is 37.0 Å². The number of amides is 1. The maximum absolute atomic E-state index is 11.9. The van der Waals surface area contributed by atoms with E-state index in [0.717, 1.165) is 0 Å². The van der Waals surface area contributed by atoms with Crippen LogP contribution in [0.3, 0.4) is 0 Å². The minimum absolute atomic E-state index is 0.00190. The van der Waals surface area contributed by atoms with Gasteiger partial charge in [-0.3, -0.25) is 14.6 Å². The summed E-state index contributed by atoms with van der Waals surface area (Å²) in [5, 5.41) is 6.62. The Morgan fingerprint density at radius 3 is 2.89 bits per heavy atom. The third kappa shape index (κ3) is 2.37. The van der Waals surface area contributed by atoms with Crippen molar-refractivity contribution in [3.8, 4) is 0 Å². The summed E-state index contributed by atoms with van der Waals surface area (Å²) < 4.78 is 1.56. The number of nitrogens with one attached hydrogen (secondary N) is 1. The molecule has 0 radical (unpaired) electrons. The van der Waals surface area contributed by atoms with Gasteiger partial charge in [-0.1, -0.05) is 13.8 Å². The average molecular weight is 246 g/mol. The Kier molecular flexibility index (Phi) is 3.36. The molecule has 0 unspecified atom stereocenters. The second-order valence-corrected chi connectivity index (χ2v) is 4.27. The van der Waals surface area contributed by atoms with Gasteiger partial charge in [0.1, 0.15) is 0 Å². The number of nitrogens with zero attached hydrogens (tertiary/aromatic N) is 3. The average Bonchev–Trinajstić information content (AvgIpc) is 2.79. The van der Waals surface area contributed by atoms with Gasteiger partial charge in [-0.05, 0) is 0 Å². The summed E-state index contributed by atoms with van der Waals surface area (Å²) in [6, 6.07) is 0. The van der Waals surface area contributed by atoms with Crippen molar-refractivity contribution in [3.63, 3.8) is 0 Å². The molecule has 2 aromatic heterocycles. The molecule has 0 saturated carbocycles. The molecule has 6 nitrogen and oxygen atoms in total. The molecule has 0 aliphatic heterocycles. The number of aromatic nitrogens is 3. The smallest absolute Gasteiger partial charge is 0.255 e. The number of carbonyl (C=O) groups is 2. The summed E-state index contributed by atoms with van der Waals surface area (Å²) in [5.74, 6) is -0.402. The van der Waals surface area contributed by atoms with Gasteiger partial charge in [0, 0.05) is 18.3 Å². The first-order valence-corrected chi connectivity index (χ1v) is 5.68. The molecule has 2 aromatic rings. The topological polar surface area (TPSA) is 76.4 Å². The van der Waals surface area contributed by atoms with Crippen LogP contribution in [0.2, 0.25) is 0 Å². The minimum atomic E-state index is -0.313. The van der Waals surface area contributed by atoms with E-state index in [-0.39, 0.29) is 24.2 Å².